The van der Waals surface area contributed by atoms with Crippen molar-refractivity contribution in [3.8, 4) is 6.07 Å². The van der Waals surface area contributed by atoms with Gasteiger partial charge in [-0.3, -0.25) is 9.59 Å². The summed E-state index contributed by atoms with van der Waals surface area (Å²) in [6.45, 7) is 0. The van der Waals surface area contributed by atoms with Gasteiger partial charge in [0, 0.05) is 10.6 Å². The summed E-state index contributed by atoms with van der Waals surface area (Å²) >= 11 is 5.86. The highest BCUT2D eigenvalue weighted by Gasteiger charge is 2.28. The van der Waals surface area contributed by atoms with Gasteiger partial charge in [-0.1, -0.05) is 35.9 Å². The van der Waals surface area contributed by atoms with E-state index in [2.05, 4.69) is 0 Å². The number of carbonyl (C=O) groups is 2. The van der Waals surface area contributed by atoms with E-state index in [1.165, 1.54) is 36.4 Å². The summed E-state index contributed by atoms with van der Waals surface area (Å²) in [6, 6.07) is 19.7. The first-order valence-corrected chi connectivity index (χ1v) is 8.28. The molecule has 0 unspecified atom stereocenters. The highest BCUT2D eigenvalue weighted by atomic mass is 35.5. The average Bonchev–Trinajstić information content (AvgIpc) is 2.69. The Labute approximate surface area is 160 Å². The van der Waals surface area contributed by atoms with Crippen molar-refractivity contribution in [2.75, 3.05) is 4.90 Å². The Kier molecular flexibility index (Phi) is 5.30. The Hall–Kier alpha value is -3.49. The average molecular weight is 379 g/mol. The van der Waals surface area contributed by atoms with Gasteiger partial charge in [0.2, 0.25) is 0 Å². The van der Waals surface area contributed by atoms with Gasteiger partial charge in [-0.25, -0.2) is 9.29 Å². The predicted octanol–water partition coefficient (Wildman–Crippen LogP) is 4.84. The lowest BCUT2D eigenvalue weighted by Crippen LogP contribution is -2.37. The first-order valence-electron chi connectivity index (χ1n) is 7.91. The van der Waals surface area contributed by atoms with Gasteiger partial charge in [0.15, 0.2) is 0 Å². The van der Waals surface area contributed by atoms with Crippen LogP contribution in [0.1, 0.15) is 26.3 Å². The molecule has 0 aromatic heterocycles. The van der Waals surface area contributed by atoms with Gasteiger partial charge in [0.05, 0.1) is 11.3 Å². The number of imide groups is 1. The number of hydrogen-bond acceptors (Lipinski definition) is 3. The van der Waals surface area contributed by atoms with E-state index in [1.807, 2.05) is 0 Å². The fraction of sp³-hybridized carbons (Fsp3) is 0. The van der Waals surface area contributed by atoms with Crippen molar-refractivity contribution in [1.29, 1.82) is 5.26 Å². The fourth-order valence-electron chi connectivity index (χ4n) is 2.56. The van der Waals surface area contributed by atoms with Crippen molar-refractivity contribution < 1.29 is 14.0 Å². The quantitative estimate of drug-likeness (QED) is 0.613. The van der Waals surface area contributed by atoms with Crippen LogP contribution < -0.4 is 4.90 Å². The van der Waals surface area contributed by atoms with Crippen molar-refractivity contribution >= 4 is 29.1 Å². The number of anilines is 1. The zero-order chi connectivity index (χ0) is 19.4. The van der Waals surface area contributed by atoms with Crippen LogP contribution >= 0.6 is 11.6 Å². The maximum absolute atomic E-state index is 14.0. The molecule has 0 heterocycles. The van der Waals surface area contributed by atoms with E-state index in [4.69, 9.17) is 11.6 Å². The van der Waals surface area contributed by atoms with Crippen LogP contribution in [0.2, 0.25) is 5.02 Å². The lowest BCUT2D eigenvalue weighted by atomic mass is 10.1. The molecule has 0 aliphatic rings. The third kappa shape index (κ3) is 3.71. The van der Waals surface area contributed by atoms with Crippen LogP contribution in [0.25, 0.3) is 0 Å². The molecule has 0 radical (unpaired) electrons. The molecule has 3 aromatic rings. The minimum absolute atomic E-state index is 0.191. The number of nitriles is 1. The molecule has 132 valence electrons. The number of halogens is 2. The Bertz CT molecular complexity index is 1040. The van der Waals surface area contributed by atoms with E-state index in [-0.39, 0.29) is 11.1 Å². The third-order valence-corrected chi connectivity index (χ3v) is 4.12. The van der Waals surface area contributed by atoms with E-state index in [9.17, 15) is 19.2 Å². The van der Waals surface area contributed by atoms with E-state index in [1.54, 1.807) is 36.4 Å². The molecule has 3 aromatic carbocycles. The minimum atomic E-state index is -0.824. The Balaban J connectivity index is 2.13. The smallest absolute Gasteiger partial charge is 0.266 e. The van der Waals surface area contributed by atoms with Gasteiger partial charge < -0.3 is 0 Å². The van der Waals surface area contributed by atoms with Crippen LogP contribution in [0.3, 0.4) is 0 Å². The summed E-state index contributed by atoms with van der Waals surface area (Å²) in [5.74, 6) is -2.23. The first-order chi connectivity index (χ1) is 13.0. The highest BCUT2D eigenvalue weighted by molar-refractivity contribution is 6.31. The predicted molar refractivity (Wildman–Crippen MR) is 100 cm³/mol. The Morgan fingerprint density at radius 1 is 0.889 bits per heavy atom. The number of carbonyl (C=O) groups excluding carboxylic acids is 2. The van der Waals surface area contributed by atoms with Crippen LogP contribution in [-0.2, 0) is 0 Å². The molecule has 4 nitrogen and oxygen atoms in total. The van der Waals surface area contributed by atoms with E-state index < -0.39 is 23.2 Å². The van der Waals surface area contributed by atoms with Crippen molar-refractivity contribution in [2.24, 2.45) is 0 Å². The largest absolute Gasteiger partial charge is 0.268 e. The molecular weight excluding hydrogens is 367 g/mol. The van der Waals surface area contributed by atoms with Gasteiger partial charge in [0.25, 0.3) is 11.8 Å². The summed E-state index contributed by atoms with van der Waals surface area (Å²) < 4.78 is 14.0. The molecule has 0 atom stereocenters. The van der Waals surface area contributed by atoms with E-state index in [0.717, 1.165) is 11.0 Å². The van der Waals surface area contributed by atoms with Gasteiger partial charge in [-0.05, 0) is 48.5 Å². The second kappa shape index (κ2) is 7.81. The lowest BCUT2D eigenvalue weighted by Gasteiger charge is -2.22. The maximum atomic E-state index is 14.0. The van der Waals surface area contributed by atoms with Crippen molar-refractivity contribution in [3.63, 3.8) is 0 Å². The summed E-state index contributed by atoms with van der Waals surface area (Å²) in [6.07, 6.45) is 0. The molecule has 0 saturated carbocycles. The second-order valence-corrected chi connectivity index (χ2v) is 6.00. The van der Waals surface area contributed by atoms with Crippen LogP contribution in [-0.4, -0.2) is 11.8 Å². The maximum Gasteiger partial charge on any atom is 0.266 e. The molecule has 0 aliphatic carbocycles. The van der Waals surface area contributed by atoms with E-state index >= 15 is 0 Å². The molecule has 2 amide bonds. The van der Waals surface area contributed by atoms with Crippen LogP contribution in [0.5, 0.6) is 0 Å². The Morgan fingerprint density at radius 3 is 2.19 bits per heavy atom. The highest BCUT2D eigenvalue weighted by Crippen LogP contribution is 2.23. The molecule has 0 fully saturated rings. The van der Waals surface area contributed by atoms with Gasteiger partial charge >= 0.3 is 0 Å². The molecular formula is C21H12ClFN2O2. The minimum Gasteiger partial charge on any atom is -0.268 e. The van der Waals surface area contributed by atoms with Crippen molar-refractivity contribution in [2.45, 2.75) is 0 Å². The zero-order valence-corrected chi connectivity index (χ0v) is 14.7. The normalized spacial score (nSPS) is 10.1. The number of rotatable bonds is 3. The molecule has 0 bridgehead atoms. The van der Waals surface area contributed by atoms with Gasteiger partial charge in [-0.15, -0.1) is 0 Å². The van der Waals surface area contributed by atoms with Crippen LogP contribution in [0.4, 0.5) is 10.1 Å². The SMILES string of the molecule is N#Cc1c(F)cccc1C(=O)N(C(=O)c1ccc(Cl)cc1)c1ccccc1. The van der Waals surface area contributed by atoms with Crippen LogP contribution in [0.15, 0.2) is 72.8 Å². The molecule has 3 rings (SSSR count). The number of hydrogen-bond donors (Lipinski definition) is 0. The molecule has 0 spiro atoms. The summed E-state index contributed by atoms with van der Waals surface area (Å²) in [7, 11) is 0. The molecule has 27 heavy (non-hydrogen) atoms. The number of para-hydroxylation sites is 1. The standard InChI is InChI=1S/C21H12ClFN2O2/c22-15-11-9-14(10-12-15)20(26)25(16-5-2-1-3-6-16)21(27)17-7-4-8-19(23)18(17)13-24/h1-12H. The summed E-state index contributed by atoms with van der Waals surface area (Å²) in [5.41, 5.74) is -0.0712. The third-order valence-electron chi connectivity index (χ3n) is 3.87. The van der Waals surface area contributed by atoms with Crippen molar-refractivity contribution in [1.82, 2.24) is 0 Å². The molecule has 0 N–H and O–H groups in total. The topological polar surface area (TPSA) is 61.2 Å². The zero-order valence-electron chi connectivity index (χ0n) is 13.9. The van der Waals surface area contributed by atoms with Crippen molar-refractivity contribution in [3.05, 3.63) is 100 Å². The van der Waals surface area contributed by atoms with E-state index in [0.29, 0.717) is 10.7 Å². The monoisotopic (exact) mass is 378 g/mol. The van der Waals surface area contributed by atoms with Crippen LogP contribution in [0, 0.1) is 17.1 Å². The molecule has 6 heteroatoms. The molecule has 0 aliphatic heterocycles. The fourth-order valence-corrected chi connectivity index (χ4v) is 2.69. The summed E-state index contributed by atoms with van der Waals surface area (Å²) in [4.78, 5) is 27.1. The lowest BCUT2D eigenvalue weighted by molar-refractivity contribution is 0.0897. The second-order valence-electron chi connectivity index (χ2n) is 5.56. The van der Waals surface area contributed by atoms with Gasteiger partial charge in [0.1, 0.15) is 17.4 Å². The summed E-state index contributed by atoms with van der Waals surface area (Å²) in [5, 5.41) is 9.67. The molecule has 0 saturated heterocycles. The Morgan fingerprint density at radius 2 is 1.56 bits per heavy atom. The number of benzene rings is 3. The number of nitrogens with zero attached hydrogens (tertiary/aromatic N) is 2. The van der Waals surface area contributed by atoms with Gasteiger partial charge in [-0.2, -0.15) is 5.26 Å². The first kappa shape index (κ1) is 18.3. The number of amides is 2.